The molecule has 1 aliphatic carbocycles. The van der Waals surface area contributed by atoms with Gasteiger partial charge in [0.05, 0.1) is 6.07 Å². The Kier molecular flexibility index (Phi) is 4.85. The fourth-order valence-corrected chi connectivity index (χ4v) is 2.88. The zero-order chi connectivity index (χ0) is 15.5. The van der Waals surface area contributed by atoms with Crippen molar-refractivity contribution < 1.29 is 0 Å². The monoisotopic (exact) mass is 309 g/mol. The quantitative estimate of drug-likeness (QED) is 0.428. The molecule has 0 saturated heterocycles. The number of rotatable bonds is 7. The SMILES string of the molecule is Cn1[nH]c(=O)c(=O)nc1SCCCC(C)(C#N)NC1CC1. The Hall–Kier alpha value is -1.59. The molecule has 2 rings (SSSR count). The van der Waals surface area contributed by atoms with Crippen molar-refractivity contribution in [3.63, 3.8) is 0 Å². The summed E-state index contributed by atoms with van der Waals surface area (Å²) in [6.45, 7) is 1.92. The number of nitrogens with one attached hydrogen (secondary N) is 2. The normalized spacial score (nSPS) is 17.2. The minimum Gasteiger partial charge on any atom is -0.297 e. The first-order chi connectivity index (χ1) is 9.93. The molecule has 1 heterocycles. The molecule has 21 heavy (non-hydrogen) atoms. The third kappa shape index (κ3) is 4.44. The second-order valence-corrected chi connectivity index (χ2v) is 6.58. The molecule has 2 N–H and O–H groups in total. The number of hydrogen-bond donors (Lipinski definition) is 2. The number of thioether (sulfide) groups is 1. The van der Waals surface area contributed by atoms with Crippen LogP contribution < -0.4 is 16.4 Å². The van der Waals surface area contributed by atoms with Crippen LogP contribution in [0, 0.1) is 11.3 Å². The molecule has 1 aromatic rings. The fraction of sp³-hybridized carbons (Fsp3) is 0.692. The first-order valence-electron chi connectivity index (χ1n) is 6.93. The van der Waals surface area contributed by atoms with Crippen LogP contribution in [0.4, 0.5) is 0 Å². The number of aromatic amines is 1. The zero-order valence-electron chi connectivity index (χ0n) is 12.2. The standard InChI is InChI=1S/C13H19N5O2S/c1-13(8-14,16-9-4-5-9)6-3-7-21-12-15-10(19)11(20)17-18(12)2/h9,16H,3-7H2,1-2H3,(H,17,20). The molecule has 1 aliphatic rings. The van der Waals surface area contributed by atoms with Gasteiger partial charge in [-0.3, -0.25) is 24.7 Å². The van der Waals surface area contributed by atoms with Crippen LogP contribution in [-0.4, -0.2) is 32.1 Å². The molecule has 0 amide bonds. The van der Waals surface area contributed by atoms with Crippen molar-refractivity contribution in [3.8, 4) is 6.07 Å². The van der Waals surface area contributed by atoms with Crippen LogP contribution in [-0.2, 0) is 7.05 Å². The minimum atomic E-state index is -0.770. The molecule has 0 aromatic carbocycles. The molecule has 0 bridgehead atoms. The fourth-order valence-electron chi connectivity index (χ4n) is 2.02. The lowest BCUT2D eigenvalue weighted by atomic mass is 9.98. The number of nitriles is 1. The summed E-state index contributed by atoms with van der Waals surface area (Å²) in [5.74, 6) is 0.732. The van der Waals surface area contributed by atoms with E-state index in [9.17, 15) is 14.9 Å². The highest BCUT2D eigenvalue weighted by atomic mass is 32.2. The topological polar surface area (TPSA) is 104 Å². The number of aromatic nitrogens is 3. The third-order valence-electron chi connectivity index (χ3n) is 3.35. The summed E-state index contributed by atoms with van der Waals surface area (Å²) in [5.41, 5.74) is -1.98. The Bertz CT molecular complexity index is 658. The smallest absolute Gasteiger partial charge is 0.297 e. The summed E-state index contributed by atoms with van der Waals surface area (Å²) >= 11 is 1.40. The maximum absolute atomic E-state index is 11.2. The summed E-state index contributed by atoms with van der Waals surface area (Å²) in [7, 11) is 1.64. The minimum absolute atomic E-state index is 0.480. The van der Waals surface area contributed by atoms with E-state index in [-0.39, 0.29) is 0 Å². The Morgan fingerprint density at radius 2 is 2.29 bits per heavy atom. The van der Waals surface area contributed by atoms with E-state index in [1.165, 1.54) is 16.4 Å². The van der Waals surface area contributed by atoms with Gasteiger partial charge in [-0.05, 0) is 32.6 Å². The molecule has 1 saturated carbocycles. The van der Waals surface area contributed by atoms with E-state index in [4.69, 9.17) is 0 Å². The van der Waals surface area contributed by atoms with Crippen LogP contribution >= 0.6 is 11.8 Å². The number of nitrogens with zero attached hydrogens (tertiary/aromatic N) is 3. The van der Waals surface area contributed by atoms with Crippen LogP contribution in [0.1, 0.15) is 32.6 Å². The van der Waals surface area contributed by atoms with Gasteiger partial charge in [-0.1, -0.05) is 11.8 Å². The second-order valence-electron chi connectivity index (χ2n) is 5.51. The van der Waals surface area contributed by atoms with Crippen LogP contribution in [0.5, 0.6) is 0 Å². The predicted octanol–water partition coefficient (Wildman–Crippen LogP) is 0.375. The summed E-state index contributed by atoms with van der Waals surface area (Å²) in [6, 6.07) is 2.83. The van der Waals surface area contributed by atoms with E-state index in [0.29, 0.717) is 11.2 Å². The molecule has 0 aliphatic heterocycles. The van der Waals surface area contributed by atoms with Gasteiger partial charge in [0.2, 0.25) is 0 Å². The Morgan fingerprint density at radius 1 is 1.57 bits per heavy atom. The highest BCUT2D eigenvalue weighted by molar-refractivity contribution is 7.99. The lowest BCUT2D eigenvalue weighted by Gasteiger charge is -2.23. The van der Waals surface area contributed by atoms with Crippen molar-refractivity contribution >= 4 is 11.8 Å². The van der Waals surface area contributed by atoms with Crippen molar-refractivity contribution in [1.82, 2.24) is 20.1 Å². The maximum atomic E-state index is 11.2. The van der Waals surface area contributed by atoms with Gasteiger partial charge in [0, 0.05) is 18.8 Å². The van der Waals surface area contributed by atoms with Crippen molar-refractivity contribution in [2.24, 2.45) is 7.05 Å². The molecule has 8 heteroatoms. The van der Waals surface area contributed by atoms with Crippen molar-refractivity contribution in [2.45, 2.75) is 49.3 Å². The number of aryl methyl sites for hydroxylation is 1. The van der Waals surface area contributed by atoms with Gasteiger partial charge in [0.1, 0.15) is 5.54 Å². The molecule has 114 valence electrons. The van der Waals surface area contributed by atoms with Gasteiger partial charge < -0.3 is 0 Å². The molecule has 0 spiro atoms. The van der Waals surface area contributed by atoms with E-state index in [1.807, 2.05) is 6.92 Å². The maximum Gasteiger partial charge on any atom is 0.339 e. The molecule has 0 radical (unpaired) electrons. The summed E-state index contributed by atoms with van der Waals surface area (Å²) in [6.07, 6.45) is 3.86. The predicted molar refractivity (Wildman–Crippen MR) is 80.2 cm³/mol. The zero-order valence-corrected chi connectivity index (χ0v) is 13.0. The Labute approximate surface area is 126 Å². The number of H-pyrrole nitrogens is 1. The van der Waals surface area contributed by atoms with Crippen LogP contribution in [0.25, 0.3) is 0 Å². The molecule has 1 atom stereocenters. The molecule has 1 fully saturated rings. The van der Waals surface area contributed by atoms with Crippen molar-refractivity contribution in [2.75, 3.05) is 5.75 Å². The average molecular weight is 309 g/mol. The summed E-state index contributed by atoms with van der Waals surface area (Å²) < 4.78 is 1.44. The van der Waals surface area contributed by atoms with Gasteiger partial charge >= 0.3 is 11.1 Å². The first kappa shape index (κ1) is 15.8. The van der Waals surface area contributed by atoms with Crippen molar-refractivity contribution in [3.05, 3.63) is 20.7 Å². The highest BCUT2D eigenvalue weighted by Gasteiger charge is 2.31. The van der Waals surface area contributed by atoms with E-state index in [1.54, 1.807) is 7.05 Å². The van der Waals surface area contributed by atoms with Crippen LogP contribution in [0.3, 0.4) is 0 Å². The van der Waals surface area contributed by atoms with Crippen LogP contribution in [0.2, 0.25) is 0 Å². The van der Waals surface area contributed by atoms with Gasteiger partial charge in [0.15, 0.2) is 5.16 Å². The Morgan fingerprint density at radius 3 is 2.90 bits per heavy atom. The molecule has 1 unspecified atom stereocenters. The average Bonchev–Trinajstić information content (AvgIpc) is 3.24. The van der Waals surface area contributed by atoms with Gasteiger partial charge in [-0.2, -0.15) is 10.2 Å². The largest absolute Gasteiger partial charge is 0.339 e. The molecule has 1 aromatic heterocycles. The van der Waals surface area contributed by atoms with E-state index < -0.39 is 16.7 Å². The lowest BCUT2D eigenvalue weighted by Crippen LogP contribution is -2.42. The summed E-state index contributed by atoms with van der Waals surface area (Å²) in [4.78, 5) is 26.1. The Balaban J connectivity index is 1.84. The van der Waals surface area contributed by atoms with Crippen molar-refractivity contribution in [1.29, 1.82) is 5.26 Å². The summed E-state index contributed by atoms with van der Waals surface area (Å²) in [5, 5.41) is 15.5. The van der Waals surface area contributed by atoms with Gasteiger partial charge in [-0.15, -0.1) is 0 Å². The molecular formula is C13H19N5O2S. The highest BCUT2D eigenvalue weighted by Crippen LogP contribution is 2.25. The lowest BCUT2D eigenvalue weighted by molar-refractivity contribution is 0.411. The van der Waals surface area contributed by atoms with E-state index >= 15 is 0 Å². The van der Waals surface area contributed by atoms with Gasteiger partial charge in [-0.25, -0.2) is 0 Å². The van der Waals surface area contributed by atoms with Crippen LogP contribution in [0.15, 0.2) is 14.7 Å². The first-order valence-corrected chi connectivity index (χ1v) is 7.91. The third-order valence-corrected chi connectivity index (χ3v) is 4.46. The second kappa shape index (κ2) is 6.45. The molecule has 7 nitrogen and oxygen atoms in total. The van der Waals surface area contributed by atoms with E-state index in [2.05, 4.69) is 21.5 Å². The van der Waals surface area contributed by atoms with E-state index in [0.717, 1.165) is 31.4 Å². The number of hydrogen-bond acceptors (Lipinski definition) is 6. The van der Waals surface area contributed by atoms with Gasteiger partial charge in [0.25, 0.3) is 0 Å². The molecular weight excluding hydrogens is 290 g/mol.